The first-order valence-electron chi connectivity index (χ1n) is 14.1. The van der Waals surface area contributed by atoms with Gasteiger partial charge in [-0.2, -0.15) is 0 Å². The molecule has 3 aliphatic heterocycles. The molecule has 0 radical (unpaired) electrons. The molecule has 0 bridgehead atoms. The van der Waals surface area contributed by atoms with Crippen LogP contribution in [0.25, 0.3) is 11.3 Å². The number of hydrogen-bond acceptors (Lipinski definition) is 9. The zero-order chi connectivity index (χ0) is 31.4. The van der Waals surface area contributed by atoms with Crippen molar-refractivity contribution >= 4 is 35.4 Å². The van der Waals surface area contributed by atoms with E-state index in [2.05, 4.69) is 0 Å². The summed E-state index contributed by atoms with van der Waals surface area (Å²) < 4.78 is 31.9. The summed E-state index contributed by atoms with van der Waals surface area (Å²) in [6, 6.07) is 3.30. The van der Waals surface area contributed by atoms with Crippen LogP contribution in [0.15, 0.2) is 18.2 Å². The van der Waals surface area contributed by atoms with Crippen LogP contribution in [-0.2, 0) is 14.3 Å². The van der Waals surface area contributed by atoms with Crippen molar-refractivity contribution in [3.63, 3.8) is 0 Å². The Labute approximate surface area is 254 Å². The van der Waals surface area contributed by atoms with Gasteiger partial charge in [0.25, 0.3) is 5.91 Å². The summed E-state index contributed by atoms with van der Waals surface area (Å²) in [5, 5.41) is 10.5. The number of carbonyl (C=O) groups is 3. The Morgan fingerprint density at radius 3 is 2.56 bits per heavy atom. The molecule has 0 aliphatic carbocycles. The maximum Gasteiger partial charge on any atom is 0.410 e. The molecule has 1 unspecified atom stereocenters. The van der Waals surface area contributed by atoms with Gasteiger partial charge in [0.2, 0.25) is 0 Å². The van der Waals surface area contributed by atoms with Crippen molar-refractivity contribution in [1.29, 1.82) is 0 Å². The first-order chi connectivity index (χ1) is 20.1. The highest BCUT2D eigenvalue weighted by atomic mass is 35.5. The second-order valence-corrected chi connectivity index (χ2v) is 13.1. The molecule has 1 N–H and O–H groups in total. The number of carbonyl (C=O) groups excluding carboxylic acids is 3. The van der Waals surface area contributed by atoms with Gasteiger partial charge in [0.05, 0.1) is 24.6 Å². The van der Waals surface area contributed by atoms with Crippen molar-refractivity contribution in [3.8, 4) is 22.8 Å². The summed E-state index contributed by atoms with van der Waals surface area (Å²) in [4.78, 5) is 49.4. The number of nitrogens with zero attached hydrogens (tertiary/aromatic N) is 4. The Morgan fingerprint density at radius 1 is 1.19 bits per heavy atom. The van der Waals surface area contributed by atoms with Gasteiger partial charge in [-0.1, -0.05) is 17.7 Å². The van der Waals surface area contributed by atoms with Crippen LogP contribution in [0.2, 0.25) is 5.02 Å². The number of anilines is 1. The number of aromatic hydroxyl groups is 1. The third-order valence-corrected chi connectivity index (χ3v) is 8.35. The minimum absolute atomic E-state index is 0.00939. The molecule has 2 amide bonds. The molecule has 2 saturated heterocycles. The molecule has 1 aromatic heterocycles. The minimum atomic E-state index is -0.765. The van der Waals surface area contributed by atoms with Crippen LogP contribution >= 0.6 is 11.6 Å². The average Bonchev–Trinajstić information content (AvgIpc) is 3.17. The molecule has 5 rings (SSSR count). The largest absolute Gasteiger partial charge is 0.507 e. The highest BCUT2D eigenvalue weighted by Crippen LogP contribution is 2.48. The summed E-state index contributed by atoms with van der Waals surface area (Å²) in [6.45, 7) is 9.91. The maximum absolute atomic E-state index is 15.2. The molecule has 2 aromatic rings. The number of ether oxygens (including phenoxy) is 3. The number of amides is 2. The van der Waals surface area contributed by atoms with E-state index < -0.39 is 52.6 Å². The molecule has 13 heteroatoms. The quantitative estimate of drug-likeness (QED) is 0.496. The van der Waals surface area contributed by atoms with E-state index in [0.29, 0.717) is 6.42 Å². The average molecular weight is 619 g/mol. The normalized spacial score (nSPS) is 21.5. The molecular weight excluding hydrogens is 583 g/mol. The van der Waals surface area contributed by atoms with Crippen LogP contribution in [-0.4, -0.2) is 94.9 Å². The summed E-state index contributed by atoms with van der Waals surface area (Å²) in [5.41, 5.74) is -1.65. The monoisotopic (exact) mass is 618 g/mol. The number of rotatable bonds is 3. The van der Waals surface area contributed by atoms with Crippen molar-refractivity contribution in [1.82, 2.24) is 14.8 Å². The maximum atomic E-state index is 15.2. The van der Waals surface area contributed by atoms with E-state index in [9.17, 15) is 19.5 Å². The van der Waals surface area contributed by atoms with E-state index in [-0.39, 0.29) is 66.2 Å². The van der Waals surface area contributed by atoms with Gasteiger partial charge in [-0.3, -0.25) is 9.59 Å². The molecule has 0 spiro atoms. The second kappa shape index (κ2) is 11.0. The van der Waals surface area contributed by atoms with E-state index >= 15 is 4.39 Å². The Morgan fingerprint density at radius 2 is 1.91 bits per heavy atom. The topological polar surface area (TPSA) is 122 Å². The lowest BCUT2D eigenvalue weighted by molar-refractivity contribution is -0.144. The number of hydrogen-bond donors (Lipinski definition) is 1. The number of halogens is 2. The van der Waals surface area contributed by atoms with Gasteiger partial charge >= 0.3 is 12.1 Å². The number of phenols is 1. The number of aromatic nitrogens is 1. The summed E-state index contributed by atoms with van der Waals surface area (Å²) in [5.74, 6) is -2.35. The summed E-state index contributed by atoms with van der Waals surface area (Å²) >= 11 is 6.83. The van der Waals surface area contributed by atoms with Gasteiger partial charge in [-0.15, -0.1) is 0 Å². The lowest BCUT2D eigenvalue weighted by Crippen LogP contribution is -2.58. The first-order valence-corrected chi connectivity index (χ1v) is 14.5. The van der Waals surface area contributed by atoms with E-state index in [0.717, 1.165) is 0 Å². The zero-order valence-electron chi connectivity index (χ0n) is 25.1. The number of methoxy groups -OCH3 is 1. The second-order valence-electron chi connectivity index (χ2n) is 12.7. The minimum Gasteiger partial charge on any atom is -0.507 e. The Balaban J connectivity index is 1.63. The van der Waals surface area contributed by atoms with Crippen LogP contribution in [0.1, 0.15) is 51.4 Å². The highest BCUT2D eigenvalue weighted by molar-refractivity contribution is 6.35. The molecular formula is C30H36ClFN4O7. The molecule has 4 heterocycles. The van der Waals surface area contributed by atoms with E-state index in [1.807, 2.05) is 18.7 Å². The number of pyridine rings is 1. The van der Waals surface area contributed by atoms with Crippen LogP contribution < -0.4 is 9.64 Å². The zero-order valence-corrected chi connectivity index (χ0v) is 25.8. The molecule has 0 saturated carbocycles. The van der Waals surface area contributed by atoms with E-state index in [1.165, 1.54) is 30.2 Å². The smallest absolute Gasteiger partial charge is 0.410 e. The third-order valence-electron chi connectivity index (χ3n) is 8.00. The fourth-order valence-corrected chi connectivity index (χ4v) is 6.28. The number of piperazine rings is 1. The molecule has 3 aliphatic rings. The molecule has 2 fully saturated rings. The van der Waals surface area contributed by atoms with Crippen LogP contribution in [0.4, 0.5) is 15.0 Å². The predicted molar refractivity (Wildman–Crippen MR) is 156 cm³/mol. The van der Waals surface area contributed by atoms with Crippen molar-refractivity contribution in [2.75, 3.05) is 44.8 Å². The molecule has 232 valence electrons. The lowest BCUT2D eigenvalue weighted by Gasteiger charge is -2.40. The van der Waals surface area contributed by atoms with Gasteiger partial charge < -0.3 is 34.0 Å². The summed E-state index contributed by atoms with van der Waals surface area (Å²) in [6.07, 6.45) is -0.0858. The Kier molecular flexibility index (Phi) is 7.87. The van der Waals surface area contributed by atoms with Gasteiger partial charge in [0.15, 0.2) is 5.75 Å². The standard InChI is InChI=1S/C30H36ClFN4O7/c1-29(2,3)43-28(40)34-10-11-35-17(14-34)15-42-24-21(26(35)38)25(36-13-16(27(39)41-6)12-30(36,4)5)33-23(22(24)31)20-18(32)8-7-9-19(20)37/h7-9,16-17,37H,10-15H2,1-6H3/t16?,17-/m1/s1. The van der Waals surface area contributed by atoms with Gasteiger partial charge in [-0.25, -0.2) is 14.2 Å². The number of fused-ring (bicyclic) bond motifs is 2. The van der Waals surface area contributed by atoms with E-state index in [4.69, 9.17) is 30.8 Å². The Bertz CT molecular complexity index is 1460. The summed E-state index contributed by atoms with van der Waals surface area (Å²) in [7, 11) is 1.32. The third kappa shape index (κ3) is 5.64. The van der Waals surface area contributed by atoms with Gasteiger partial charge in [0.1, 0.15) is 45.9 Å². The molecule has 1 aromatic carbocycles. The molecule has 11 nitrogen and oxygen atoms in total. The van der Waals surface area contributed by atoms with Crippen LogP contribution in [0.3, 0.4) is 0 Å². The van der Waals surface area contributed by atoms with Gasteiger partial charge in [-0.05, 0) is 53.2 Å². The number of benzene rings is 1. The van der Waals surface area contributed by atoms with Gasteiger partial charge in [0, 0.05) is 31.7 Å². The Hall–Kier alpha value is -3.80. The molecule has 43 heavy (non-hydrogen) atoms. The van der Waals surface area contributed by atoms with Crippen molar-refractivity contribution in [2.45, 2.75) is 58.2 Å². The SMILES string of the molecule is COC(=O)C1CN(c2nc(-c3c(O)cccc3F)c(Cl)c3c2C(=O)N2CCN(C(=O)OC(C)(C)C)C[C@@H]2CO3)C(C)(C)C1. The lowest BCUT2D eigenvalue weighted by atomic mass is 9.96. The van der Waals surface area contributed by atoms with Crippen molar-refractivity contribution in [3.05, 3.63) is 34.6 Å². The molecule has 2 atom stereocenters. The van der Waals surface area contributed by atoms with E-state index in [1.54, 1.807) is 25.7 Å². The first kappa shape index (κ1) is 30.7. The predicted octanol–water partition coefficient (Wildman–Crippen LogP) is 4.48. The fourth-order valence-electron chi connectivity index (χ4n) is 5.99. The highest BCUT2D eigenvalue weighted by Gasteiger charge is 2.47. The number of phenolic OH excluding ortho intramolecular Hbond substituents is 1. The van der Waals surface area contributed by atoms with Crippen LogP contribution in [0, 0.1) is 11.7 Å². The van der Waals surface area contributed by atoms with Crippen molar-refractivity contribution < 1.29 is 38.1 Å². The van der Waals surface area contributed by atoms with Crippen molar-refractivity contribution in [2.24, 2.45) is 5.92 Å². The fraction of sp³-hybridized carbons (Fsp3) is 0.533. The number of esters is 1. The van der Waals surface area contributed by atoms with Crippen LogP contribution in [0.5, 0.6) is 11.5 Å².